The number of hydrogen-bond donors (Lipinski definition) is 1. The summed E-state index contributed by atoms with van der Waals surface area (Å²) in [7, 11) is 2.15. The topological polar surface area (TPSA) is 38.5 Å². The Labute approximate surface area is 117 Å². The molecule has 1 atom stereocenters. The van der Waals surface area contributed by atoms with Crippen molar-refractivity contribution in [3.63, 3.8) is 0 Å². The molecule has 1 aromatic carbocycles. The standard InChI is InChI=1S/C14H21BrN2O/c1-10(16)11-3-4-14(13(15)9-11)17(2)12-5-7-18-8-6-12/h3-4,9-10,12H,5-8,16H2,1-2H3/t10-/m1/s1. The van der Waals surface area contributed by atoms with E-state index in [1.165, 1.54) is 5.69 Å². The van der Waals surface area contributed by atoms with Gasteiger partial charge in [0.2, 0.25) is 0 Å². The second kappa shape index (κ2) is 6.04. The average Bonchev–Trinajstić information content (AvgIpc) is 2.38. The van der Waals surface area contributed by atoms with Crippen LogP contribution in [-0.2, 0) is 4.74 Å². The van der Waals surface area contributed by atoms with Crippen molar-refractivity contribution < 1.29 is 4.74 Å². The Hall–Kier alpha value is -0.580. The smallest absolute Gasteiger partial charge is 0.0510 e. The highest BCUT2D eigenvalue weighted by Gasteiger charge is 2.20. The first-order chi connectivity index (χ1) is 8.59. The maximum atomic E-state index is 5.90. The Bertz CT molecular complexity index is 403. The fourth-order valence-corrected chi connectivity index (χ4v) is 3.04. The SMILES string of the molecule is C[C@@H](N)c1ccc(N(C)C2CCOCC2)c(Br)c1. The van der Waals surface area contributed by atoms with Crippen molar-refractivity contribution in [2.45, 2.75) is 31.8 Å². The number of anilines is 1. The minimum absolute atomic E-state index is 0.0729. The van der Waals surface area contributed by atoms with Crippen LogP contribution in [0.15, 0.2) is 22.7 Å². The molecular weight excluding hydrogens is 292 g/mol. The van der Waals surface area contributed by atoms with Gasteiger partial charge in [-0.15, -0.1) is 0 Å². The molecule has 2 rings (SSSR count). The van der Waals surface area contributed by atoms with E-state index in [1.54, 1.807) is 0 Å². The first-order valence-electron chi connectivity index (χ1n) is 6.45. The highest BCUT2D eigenvalue weighted by atomic mass is 79.9. The van der Waals surface area contributed by atoms with Gasteiger partial charge in [0.15, 0.2) is 0 Å². The second-order valence-corrected chi connectivity index (χ2v) is 5.81. The van der Waals surface area contributed by atoms with Gasteiger partial charge in [-0.25, -0.2) is 0 Å². The predicted octanol–water partition coefficient (Wildman–Crippen LogP) is 3.08. The van der Waals surface area contributed by atoms with Crippen LogP contribution in [0.4, 0.5) is 5.69 Å². The van der Waals surface area contributed by atoms with E-state index in [9.17, 15) is 0 Å². The molecule has 0 amide bonds. The van der Waals surface area contributed by atoms with E-state index in [-0.39, 0.29) is 6.04 Å². The summed E-state index contributed by atoms with van der Waals surface area (Å²) in [5, 5.41) is 0. The maximum absolute atomic E-state index is 5.90. The minimum atomic E-state index is 0.0729. The first kappa shape index (κ1) is 13.8. The zero-order valence-electron chi connectivity index (χ0n) is 11.0. The molecule has 1 aliphatic rings. The quantitative estimate of drug-likeness (QED) is 0.932. The highest BCUT2D eigenvalue weighted by molar-refractivity contribution is 9.10. The fraction of sp³-hybridized carbons (Fsp3) is 0.571. The molecule has 1 heterocycles. The Morgan fingerprint density at radius 2 is 2.06 bits per heavy atom. The van der Waals surface area contributed by atoms with Gasteiger partial charge in [0.05, 0.1) is 5.69 Å². The van der Waals surface area contributed by atoms with Crippen LogP contribution >= 0.6 is 15.9 Å². The number of rotatable bonds is 3. The Balaban J connectivity index is 2.16. The molecule has 1 aromatic rings. The zero-order chi connectivity index (χ0) is 13.1. The summed E-state index contributed by atoms with van der Waals surface area (Å²) in [5.41, 5.74) is 8.29. The summed E-state index contributed by atoms with van der Waals surface area (Å²) in [5.74, 6) is 0. The highest BCUT2D eigenvalue weighted by Crippen LogP contribution is 2.31. The van der Waals surface area contributed by atoms with E-state index in [0.717, 1.165) is 36.1 Å². The van der Waals surface area contributed by atoms with Crippen molar-refractivity contribution in [3.8, 4) is 0 Å². The van der Waals surface area contributed by atoms with Gasteiger partial charge in [-0.05, 0) is 53.4 Å². The zero-order valence-corrected chi connectivity index (χ0v) is 12.6. The van der Waals surface area contributed by atoms with E-state index in [1.807, 2.05) is 6.92 Å². The van der Waals surface area contributed by atoms with Crippen LogP contribution in [0.2, 0.25) is 0 Å². The van der Waals surface area contributed by atoms with Gasteiger partial charge in [-0.2, -0.15) is 0 Å². The van der Waals surface area contributed by atoms with Crippen molar-refractivity contribution in [2.24, 2.45) is 5.73 Å². The predicted molar refractivity (Wildman–Crippen MR) is 79.0 cm³/mol. The molecule has 1 saturated heterocycles. The largest absolute Gasteiger partial charge is 0.381 e. The summed E-state index contributed by atoms with van der Waals surface area (Å²) in [6, 6.07) is 7.02. The van der Waals surface area contributed by atoms with Gasteiger partial charge in [0.25, 0.3) is 0 Å². The Morgan fingerprint density at radius 3 is 2.61 bits per heavy atom. The van der Waals surface area contributed by atoms with Crippen molar-refractivity contribution in [1.29, 1.82) is 0 Å². The van der Waals surface area contributed by atoms with Crippen molar-refractivity contribution in [1.82, 2.24) is 0 Å². The van der Waals surface area contributed by atoms with Crippen molar-refractivity contribution >= 4 is 21.6 Å². The Kier molecular flexibility index (Phi) is 4.65. The monoisotopic (exact) mass is 312 g/mol. The van der Waals surface area contributed by atoms with Gasteiger partial charge in [0, 0.05) is 36.8 Å². The fourth-order valence-electron chi connectivity index (χ4n) is 2.36. The van der Waals surface area contributed by atoms with E-state index in [4.69, 9.17) is 10.5 Å². The van der Waals surface area contributed by atoms with Crippen LogP contribution < -0.4 is 10.6 Å². The maximum Gasteiger partial charge on any atom is 0.0510 e. The average molecular weight is 313 g/mol. The molecule has 0 unspecified atom stereocenters. The number of ether oxygens (including phenoxy) is 1. The van der Waals surface area contributed by atoms with Gasteiger partial charge in [0.1, 0.15) is 0 Å². The molecule has 0 aliphatic carbocycles. The molecule has 0 spiro atoms. The minimum Gasteiger partial charge on any atom is -0.381 e. The summed E-state index contributed by atoms with van der Waals surface area (Å²) >= 11 is 3.65. The number of hydrogen-bond acceptors (Lipinski definition) is 3. The molecule has 1 aliphatic heterocycles. The molecule has 0 saturated carbocycles. The van der Waals surface area contributed by atoms with Crippen LogP contribution in [0.3, 0.4) is 0 Å². The molecule has 0 aromatic heterocycles. The Morgan fingerprint density at radius 1 is 1.39 bits per heavy atom. The second-order valence-electron chi connectivity index (χ2n) is 4.95. The number of nitrogens with two attached hydrogens (primary N) is 1. The third kappa shape index (κ3) is 3.05. The van der Waals surface area contributed by atoms with E-state index in [2.05, 4.69) is 46.1 Å². The van der Waals surface area contributed by atoms with Gasteiger partial charge in [-0.1, -0.05) is 6.07 Å². The third-order valence-electron chi connectivity index (χ3n) is 3.62. The lowest BCUT2D eigenvalue weighted by Gasteiger charge is -2.33. The molecule has 18 heavy (non-hydrogen) atoms. The number of benzene rings is 1. The molecule has 3 nitrogen and oxygen atoms in total. The summed E-state index contributed by atoms with van der Waals surface area (Å²) in [4.78, 5) is 2.34. The molecule has 0 radical (unpaired) electrons. The lowest BCUT2D eigenvalue weighted by atomic mass is 10.1. The van der Waals surface area contributed by atoms with Crippen molar-refractivity contribution in [3.05, 3.63) is 28.2 Å². The molecule has 1 fully saturated rings. The summed E-state index contributed by atoms with van der Waals surface area (Å²) in [6.45, 7) is 3.73. The number of nitrogens with zero attached hydrogens (tertiary/aromatic N) is 1. The van der Waals surface area contributed by atoms with E-state index >= 15 is 0 Å². The third-order valence-corrected chi connectivity index (χ3v) is 4.25. The van der Waals surface area contributed by atoms with Crippen LogP contribution in [0, 0.1) is 0 Å². The first-order valence-corrected chi connectivity index (χ1v) is 7.24. The van der Waals surface area contributed by atoms with Crippen LogP contribution in [-0.4, -0.2) is 26.3 Å². The summed E-state index contributed by atoms with van der Waals surface area (Å²) < 4.78 is 6.53. The van der Waals surface area contributed by atoms with Gasteiger partial charge >= 0.3 is 0 Å². The molecule has 0 bridgehead atoms. The number of halogens is 1. The van der Waals surface area contributed by atoms with E-state index in [0.29, 0.717) is 6.04 Å². The molecule has 100 valence electrons. The van der Waals surface area contributed by atoms with Crippen molar-refractivity contribution in [2.75, 3.05) is 25.2 Å². The van der Waals surface area contributed by atoms with Gasteiger partial charge < -0.3 is 15.4 Å². The van der Waals surface area contributed by atoms with Crippen LogP contribution in [0.25, 0.3) is 0 Å². The van der Waals surface area contributed by atoms with E-state index < -0.39 is 0 Å². The normalized spacial score (nSPS) is 18.7. The molecule has 2 N–H and O–H groups in total. The van der Waals surface area contributed by atoms with Crippen LogP contribution in [0.1, 0.15) is 31.4 Å². The lowest BCUT2D eigenvalue weighted by Crippen LogP contribution is -2.36. The molecule has 4 heteroatoms. The summed E-state index contributed by atoms with van der Waals surface area (Å²) in [6.07, 6.45) is 2.19. The van der Waals surface area contributed by atoms with Crippen LogP contribution in [0.5, 0.6) is 0 Å². The lowest BCUT2D eigenvalue weighted by molar-refractivity contribution is 0.0854. The molecular formula is C14H21BrN2O. The van der Waals surface area contributed by atoms with Gasteiger partial charge in [-0.3, -0.25) is 0 Å².